The molecule has 8 aromatic rings. The standard InChI is InChI=1S/C53H40N2/c1-5-13-41(14-6-1)53(42-15-7-2-8-16-42)51-35-47(54(43-17-9-3-10-18-43)45-27-25-37-21-23-39(37)33-45)29-31-49(51)50-32-30-48(36-52(50)53)55(44-19-11-4-12-20-44)46-28-26-38-22-24-40(38)34-46/h1-20,25-36H,21-24H2. The number of rotatable bonds is 8. The zero-order valence-electron chi connectivity index (χ0n) is 30.7. The van der Waals surface area contributed by atoms with Crippen molar-refractivity contribution in [2.75, 3.05) is 9.80 Å². The van der Waals surface area contributed by atoms with Crippen LogP contribution in [0.3, 0.4) is 0 Å². The Hall–Kier alpha value is -6.64. The van der Waals surface area contributed by atoms with Gasteiger partial charge in [0.15, 0.2) is 0 Å². The molecule has 0 atom stereocenters. The predicted molar refractivity (Wildman–Crippen MR) is 228 cm³/mol. The van der Waals surface area contributed by atoms with Crippen molar-refractivity contribution in [2.24, 2.45) is 0 Å². The van der Waals surface area contributed by atoms with Crippen LogP contribution in [0, 0.1) is 0 Å². The molecule has 0 heterocycles. The van der Waals surface area contributed by atoms with Crippen LogP contribution < -0.4 is 9.80 Å². The number of hydrogen-bond donors (Lipinski definition) is 0. The van der Waals surface area contributed by atoms with Gasteiger partial charge in [-0.05, 0) is 154 Å². The summed E-state index contributed by atoms with van der Waals surface area (Å²) in [4.78, 5) is 4.88. The minimum Gasteiger partial charge on any atom is -0.310 e. The van der Waals surface area contributed by atoms with E-state index in [0.717, 1.165) is 35.6 Å². The van der Waals surface area contributed by atoms with Gasteiger partial charge in [0, 0.05) is 34.1 Å². The number of benzene rings is 8. The second-order valence-electron chi connectivity index (χ2n) is 15.2. The summed E-state index contributed by atoms with van der Waals surface area (Å²) in [6.45, 7) is 0. The maximum absolute atomic E-state index is 2.48. The molecule has 0 saturated carbocycles. The lowest BCUT2D eigenvalue weighted by molar-refractivity contribution is 0.768. The molecule has 0 spiro atoms. The molecule has 0 bridgehead atoms. The fourth-order valence-electron chi connectivity index (χ4n) is 9.43. The summed E-state index contributed by atoms with van der Waals surface area (Å²) < 4.78 is 0. The molecule has 0 radical (unpaired) electrons. The van der Waals surface area contributed by atoms with Crippen molar-refractivity contribution < 1.29 is 0 Å². The first-order valence-electron chi connectivity index (χ1n) is 19.6. The van der Waals surface area contributed by atoms with Gasteiger partial charge in [-0.25, -0.2) is 0 Å². The zero-order chi connectivity index (χ0) is 36.3. The van der Waals surface area contributed by atoms with Crippen LogP contribution in [0.25, 0.3) is 11.1 Å². The van der Waals surface area contributed by atoms with Crippen LogP contribution in [-0.2, 0) is 31.1 Å². The first kappa shape index (κ1) is 31.8. The molecule has 0 amide bonds. The van der Waals surface area contributed by atoms with Crippen molar-refractivity contribution in [3.63, 3.8) is 0 Å². The molecule has 0 saturated heterocycles. The summed E-state index contributed by atoms with van der Waals surface area (Å²) in [7, 11) is 0. The van der Waals surface area contributed by atoms with Crippen LogP contribution in [0.5, 0.6) is 0 Å². The minimum atomic E-state index is -0.565. The van der Waals surface area contributed by atoms with E-state index in [4.69, 9.17) is 0 Å². The molecular weight excluding hydrogens is 665 g/mol. The fourth-order valence-corrected chi connectivity index (χ4v) is 9.43. The first-order valence-corrected chi connectivity index (χ1v) is 19.6. The normalized spacial score (nSPS) is 14.0. The SMILES string of the molecule is c1ccc(N(c2ccc3c(c2)CC3)c2ccc3c(c2)C(c2ccccc2)(c2ccccc2)c2cc(N(c4ccccc4)c4ccc5c(c4)CC5)ccc2-3)cc1. The molecule has 2 heteroatoms. The van der Waals surface area contributed by atoms with Crippen molar-refractivity contribution in [2.45, 2.75) is 31.1 Å². The van der Waals surface area contributed by atoms with Gasteiger partial charge in [0.25, 0.3) is 0 Å². The summed E-state index contributed by atoms with van der Waals surface area (Å²) in [6, 6.07) is 72.4. The maximum atomic E-state index is 2.48. The van der Waals surface area contributed by atoms with Gasteiger partial charge in [0.1, 0.15) is 0 Å². The molecule has 0 aromatic heterocycles. The van der Waals surface area contributed by atoms with E-state index in [-0.39, 0.29) is 0 Å². The van der Waals surface area contributed by atoms with Gasteiger partial charge in [-0.2, -0.15) is 0 Å². The van der Waals surface area contributed by atoms with E-state index in [1.54, 1.807) is 0 Å². The lowest BCUT2D eigenvalue weighted by Crippen LogP contribution is -2.29. The highest BCUT2D eigenvalue weighted by molar-refractivity contribution is 5.92. The van der Waals surface area contributed by atoms with Crippen LogP contribution in [0.1, 0.15) is 44.5 Å². The largest absolute Gasteiger partial charge is 0.310 e. The van der Waals surface area contributed by atoms with Crippen molar-refractivity contribution in [3.8, 4) is 11.1 Å². The van der Waals surface area contributed by atoms with Gasteiger partial charge in [0.2, 0.25) is 0 Å². The summed E-state index contributed by atoms with van der Waals surface area (Å²) in [5.74, 6) is 0. The molecule has 2 nitrogen and oxygen atoms in total. The zero-order valence-corrected chi connectivity index (χ0v) is 30.7. The van der Waals surface area contributed by atoms with Crippen molar-refractivity contribution in [3.05, 3.63) is 239 Å². The van der Waals surface area contributed by atoms with Gasteiger partial charge in [-0.3, -0.25) is 0 Å². The van der Waals surface area contributed by atoms with Crippen molar-refractivity contribution in [1.82, 2.24) is 0 Å². The summed E-state index contributed by atoms with van der Waals surface area (Å²) in [5.41, 5.74) is 20.0. The van der Waals surface area contributed by atoms with E-state index in [9.17, 15) is 0 Å². The number of fused-ring (bicyclic) bond motifs is 5. The van der Waals surface area contributed by atoms with E-state index in [1.807, 2.05) is 0 Å². The van der Waals surface area contributed by atoms with E-state index in [1.165, 1.54) is 79.9 Å². The van der Waals surface area contributed by atoms with Gasteiger partial charge in [-0.15, -0.1) is 0 Å². The number of hydrogen-bond acceptors (Lipinski definition) is 2. The smallest absolute Gasteiger partial charge is 0.0715 e. The van der Waals surface area contributed by atoms with Gasteiger partial charge in [-0.1, -0.05) is 121 Å². The molecule has 0 aliphatic heterocycles. The highest BCUT2D eigenvalue weighted by atomic mass is 15.1. The lowest BCUT2D eigenvalue weighted by atomic mass is 9.67. The first-order chi connectivity index (χ1) is 27.3. The maximum Gasteiger partial charge on any atom is 0.0715 e. The topological polar surface area (TPSA) is 6.48 Å². The highest BCUT2D eigenvalue weighted by Crippen LogP contribution is 2.58. The van der Waals surface area contributed by atoms with Crippen molar-refractivity contribution >= 4 is 34.1 Å². The molecular formula is C53H40N2. The molecule has 3 aliphatic carbocycles. The number of aryl methyl sites for hydroxylation is 4. The lowest BCUT2D eigenvalue weighted by Gasteiger charge is -2.36. The van der Waals surface area contributed by atoms with E-state index < -0.39 is 5.41 Å². The minimum absolute atomic E-state index is 0.565. The third-order valence-electron chi connectivity index (χ3n) is 12.3. The average molecular weight is 705 g/mol. The summed E-state index contributed by atoms with van der Waals surface area (Å²) in [6.07, 6.45) is 4.63. The summed E-state index contributed by atoms with van der Waals surface area (Å²) >= 11 is 0. The molecule has 8 aromatic carbocycles. The monoisotopic (exact) mass is 704 g/mol. The van der Waals surface area contributed by atoms with Crippen LogP contribution in [0.2, 0.25) is 0 Å². The predicted octanol–water partition coefficient (Wildman–Crippen LogP) is 13.2. The average Bonchev–Trinajstić information content (AvgIpc) is 3.51. The molecule has 0 unspecified atom stereocenters. The second-order valence-corrected chi connectivity index (χ2v) is 15.2. The quantitative estimate of drug-likeness (QED) is 0.155. The van der Waals surface area contributed by atoms with Crippen LogP contribution >= 0.6 is 0 Å². The number of para-hydroxylation sites is 2. The molecule has 3 aliphatic rings. The van der Waals surface area contributed by atoms with Gasteiger partial charge in [0.05, 0.1) is 5.41 Å². The van der Waals surface area contributed by atoms with Gasteiger partial charge < -0.3 is 9.80 Å². The molecule has 55 heavy (non-hydrogen) atoms. The Morgan fingerprint density at radius 3 is 1.00 bits per heavy atom. The van der Waals surface area contributed by atoms with Crippen LogP contribution in [0.4, 0.5) is 34.1 Å². The summed E-state index contributed by atoms with van der Waals surface area (Å²) in [5, 5.41) is 0. The molecule has 0 fully saturated rings. The molecule has 0 N–H and O–H groups in total. The Balaban J connectivity index is 1.17. The van der Waals surface area contributed by atoms with E-state index in [0.29, 0.717) is 0 Å². The Labute approximate surface area is 323 Å². The second kappa shape index (κ2) is 12.7. The van der Waals surface area contributed by atoms with Crippen molar-refractivity contribution in [1.29, 1.82) is 0 Å². The number of anilines is 6. The third-order valence-corrected chi connectivity index (χ3v) is 12.3. The Kier molecular flexibility index (Phi) is 7.38. The Morgan fingerprint density at radius 1 is 0.291 bits per heavy atom. The number of nitrogens with zero attached hydrogens (tertiary/aromatic N) is 2. The van der Waals surface area contributed by atoms with Crippen LogP contribution in [-0.4, -0.2) is 0 Å². The van der Waals surface area contributed by atoms with Crippen LogP contribution in [0.15, 0.2) is 194 Å². The van der Waals surface area contributed by atoms with E-state index >= 15 is 0 Å². The Bertz CT molecular complexity index is 2510. The molecule has 262 valence electrons. The fraction of sp³-hybridized carbons (Fsp3) is 0.0943. The van der Waals surface area contributed by atoms with E-state index in [2.05, 4.69) is 204 Å². The third kappa shape index (κ3) is 5.02. The Morgan fingerprint density at radius 2 is 0.636 bits per heavy atom. The van der Waals surface area contributed by atoms with Gasteiger partial charge >= 0.3 is 0 Å². The highest BCUT2D eigenvalue weighted by Gasteiger charge is 2.47. The molecule has 11 rings (SSSR count).